The maximum Gasteiger partial charge on any atom is 0.142 e. The lowest BCUT2D eigenvalue weighted by Gasteiger charge is -2.20. The number of aryl methyl sites for hydroxylation is 2. The van der Waals surface area contributed by atoms with Gasteiger partial charge in [0.1, 0.15) is 5.82 Å². The monoisotopic (exact) mass is 278 g/mol. The molecule has 0 bridgehead atoms. The normalized spacial score (nSPS) is 12.5. The Bertz CT molecular complexity index is 599. The van der Waals surface area contributed by atoms with E-state index >= 15 is 0 Å². The molecule has 0 spiro atoms. The lowest BCUT2D eigenvalue weighted by atomic mass is 9.94. The average molecular weight is 279 g/mol. The maximum atomic E-state index is 13.6. The summed E-state index contributed by atoms with van der Waals surface area (Å²) in [5.41, 5.74) is 6.75. The van der Waals surface area contributed by atoms with E-state index in [1.807, 2.05) is 32.0 Å². The van der Waals surface area contributed by atoms with Crippen molar-refractivity contribution >= 4 is 11.6 Å². The van der Waals surface area contributed by atoms with Crippen molar-refractivity contribution in [2.24, 2.45) is 5.84 Å². The summed E-state index contributed by atoms with van der Waals surface area (Å²) in [6, 6.07) is 10.6. The molecule has 0 radical (unpaired) electrons. The van der Waals surface area contributed by atoms with Crippen molar-refractivity contribution in [3.8, 4) is 0 Å². The average Bonchev–Trinajstić information content (AvgIpc) is 2.38. The predicted octanol–water partition coefficient (Wildman–Crippen LogP) is 3.65. The van der Waals surface area contributed by atoms with Crippen LogP contribution >= 0.6 is 11.6 Å². The first-order chi connectivity index (χ1) is 9.02. The molecule has 0 aromatic heterocycles. The van der Waals surface area contributed by atoms with E-state index in [1.54, 1.807) is 12.1 Å². The molecule has 2 aromatic rings. The highest BCUT2D eigenvalue weighted by atomic mass is 35.5. The summed E-state index contributed by atoms with van der Waals surface area (Å²) in [7, 11) is 0. The number of halogens is 2. The minimum atomic E-state index is -0.440. The van der Waals surface area contributed by atoms with Crippen LogP contribution in [-0.2, 0) is 0 Å². The molecule has 0 aliphatic rings. The van der Waals surface area contributed by atoms with Gasteiger partial charge in [0.25, 0.3) is 0 Å². The summed E-state index contributed by atoms with van der Waals surface area (Å²) < 4.78 is 13.6. The van der Waals surface area contributed by atoms with Gasteiger partial charge in [0.2, 0.25) is 0 Å². The number of hydrogen-bond donors (Lipinski definition) is 2. The molecule has 100 valence electrons. The fourth-order valence-electron chi connectivity index (χ4n) is 2.13. The topological polar surface area (TPSA) is 38.0 Å². The van der Waals surface area contributed by atoms with Gasteiger partial charge in [-0.1, -0.05) is 41.4 Å². The van der Waals surface area contributed by atoms with Crippen molar-refractivity contribution < 1.29 is 4.39 Å². The number of nitrogens with one attached hydrogen (secondary N) is 1. The van der Waals surface area contributed by atoms with Crippen molar-refractivity contribution in [3.63, 3.8) is 0 Å². The molecule has 2 aromatic carbocycles. The summed E-state index contributed by atoms with van der Waals surface area (Å²) in [6.45, 7) is 4.02. The van der Waals surface area contributed by atoms with Crippen LogP contribution in [0.4, 0.5) is 4.39 Å². The third kappa shape index (κ3) is 2.95. The van der Waals surface area contributed by atoms with Crippen LogP contribution in [0.25, 0.3) is 0 Å². The van der Waals surface area contributed by atoms with Crippen LogP contribution in [0.2, 0.25) is 5.02 Å². The zero-order chi connectivity index (χ0) is 14.0. The highest BCUT2D eigenvalue weighted by Gasteiger charge is 2.16. The van der Waals surface area contributed by atoms with Gasteiger partial charge in [0.15, 0.2) is 0 Å². The Morgan fingerprint density at radius 3 is 2.53 bits per heavy atom. The van der Waals surface area contributed by atoms with E-state index in [-0.39, 0.29) is 11.1 Å². The van der Waals surface area contributed by atoms with Crippen LogP contribution in [0.5, 0.6) is 0 Å². The molecule has 2 nitrogen and oxygen atoms in total. The van der Waals surface area contributed by atoms with Crippen LogP contribution in [0.1, 0.15) is 28.3 Å². The number of hydrazine groups is 1. The molecule has 1 unspecified atom stereocenters. The first-order valence-electron chi connectivity index (χ1n) is 6.01. The van der Waals surface area contributed by atoms with Gasteiger partial charge in [-0.15, -0.1) is 0 Å². The molecular formula is C15H16ClFN2. The van der Waals surface area contributed by atoms with Crippen molar-refractivity contribution in [2.75, 3.05) is 0 Å². The lowest BCUT2D eigenvalue weighted by Crippen LogP contribution is -2.29. The Morgan fingerprint density at radius 1 is 1.16 bits per heavy atom. The summed E-state index contributed by atoms with van der Waals surface area (Å²) in [4.78, 5) is 0. The van der Waals surface area contributed by atoms with Crippen LogP contribution in [0.15, 0.2) is 36.4 Å². The summed E-state index contributed by atoms with van der Waals surface area (Å²) >= 11 is 5.70. The summed E-state index contributed by atoms with van der Waals surface area (Å²) in [5, 5.41) is 0.112. The fraction of sp³-hybridized carbons (Fsp3) is 0.200. The molecule has 0 saturated heterocycles. The van der Waals surface area contributed by atoms with Gasteiger partial charge >= 0.3 is 0 Å². The highest BCUT2D eigenvalue weighted by molar-refractivity contribution is 6.30. The molecule has 2 rings (SSSR count). The molecule has 0 saturated carbocycles. The quantitative estimate of drug-likeness (QED) is 0.664. The number of rotatable bonds is 3. The van der Waals surface area contributed by atoms with E-state index in [2.05, 4.69) is 5.43 Å². The van der Waals surface area contributed by atoms with Gasteiger partial charge in [-0.2, -0.15) is 0 Å². The zero-order valence-corrected chi connectivity index (χ0v) is 11.6. The van der Waals surface area contributed by atoms with Gasteiger partial charge in [-0.3, -0.25) is 5.84 Å². The van der Waals surface area contributed by atoms with Gasteiger partial charge < -0.3 is 0 Å². The molecule has 0 heterocycles. The second-order valence-electron chi connectivity index (χ2n) is 4.63. The third-order valence-corrected chi connectivity index (χ3v) is 3.50. The molecule has 1 atom stereocenters. The van der Waals surface area contributed by atoms with Crippen molar-refractivity contribution in [3.05, 3.63) is 69.5 Å². The Hall–Kier alpha value is -1.42. The van der Waals surface area contributed by atoms with Crippen LogP contribution < -0.4 is 11.3 Å². The van der Waals surface area contributed by atoms with Gasteiger partial charge in [-0.25, -0.2) is 9.82 Å². The molecular weight excluding hydrogens is 263 g/mol. The van der Waals surface area contributed by atoms with Crippen LogP contribution in [0.3, 0.4) is 0 Å². The SMILES string of the molecule is Cc1ccc(C)c(C(NN)c2ccc(Cl)c(F)c2)c1. The van der Waals surface area contributed by atoms with E-state index in [9.17, 15) is 4.39 Å². The minimum Gasteiger partial charge on any atom is -0.271 e. The molecule has 4 heteroatoms. The standard InChI is InChI=1S/C15H16ClFN2/c1-9-3-4-10(2)12(7-9)15(19-18)11-5-6-13(16)14(17)8-11/h3-8,15,19H,18H2,1-2H3. The third-order valence-electron chi connectivity index (χ3n) is 3.19. The van der Waals surface area contributed by atoms with E-state index < -0.39 is 5.82 Å². The zero-order valence-electron chi connectivity index (χ0n) is 10.9. The van der Waals surface area contributed by atoms with Crippen LogP contribution in [0, 0.1) is 19.7 Å². The number of benzene rings is 2. The first kappa shape index (κ1) is 14.0. The summed E-state index contributed by atoms with van der Waals surface area (Å²) in [6.07, 6.45) is 0. The Kier molecular flexibility index (Phi) is 4.20. The van der Waals surface area contributed by atoms with Gasteiger partial charge in [0, 0.05) is 0 Å². The van der Waals surface area contributed by atoms with Crippen molar-refractivity contribution in [1.82, 2.24) is 5.43 Å². The minimum absolute atomic E-state index is 0.112. The van der Waals surface area contributed by atoms with E-state index in [1.165, 1.54) is 6.07 Å². The Labute approximate surface area is 117 Å². The molecule has 19 heavy (non-hydrogen) atoms. The summed E-state index contributed by atoms with van der Waals surface area (Å²) in [5.74, 6) is 5.20. The second kappa shape index (κ2) is 5.70. The predicted molar refractivity (Wildman–Crippen MR) is 76.5 cm³/mol. The highest BCUT2D eigenvalue weighted by Crippen LogP contribution is 2.27. The Balaban J connectivity index is 2.49. The van der Waals surface area contributed by atoms with E-state index in [0.29, 0.717) is 0 Å². The van der Waals surface area contributed by atoms with Crippen LogP contribution in [-0.4, -0.2) is 0 Å². The fourth-order valence-corrected chi connectivity index (χ4v) is 2.25. The van der Waals surface area contributed by atoms with E-state index in [4.69, 9.17) is 17.4 Å². The lowest BCUT2D eigenvalue weighted by molar-refractivity contribution is 0.604. The first-order valence-corrected chi connectivity index (χ1v) is 6.39. The van der Waals surface area contributed by atoms with Crippen molar-refractivity contribution in [2.45, 2.75) is 19.9 Å². The number of hydrogen-bond acceptors (Lipinski definition) is 2. The molecule has 0 amide bonds. The van der Waals surface area contributed by atoms with E-state index in [0.717, 1.165) is 22.3 Å². The maximum absolute atomic E-state index is 13.6. The largest absolute Gasteiger partial charge is 0.271 e. The number of nitrogens with two attached hydrogens (primary N) is 1. The second-order valence-corrected chi connectivity index (χ2v) is 5.04. The Morgan fingerprint density at radius 2 is 1.89 bits per heavy atom. The van der Waals surface area contributed by atoms with Gasteiger partial charge in [-0.05, 0) is 42.7 Å². The molecule has 0 aliphatic heterocycles. The van der Waals surface area contributed by atoms with Gasteiger partial charge in [0.05, 0.1) is 11.1 Å². The molecule has 3 N–H and O–H groups in total. The smallest absolute Gasteiger partial charge is 0.142 e. The van der Waals surface area contributed by atoms with Crippen molar-refractivity contribution in [1.29, 1.82) is 0 Å². The molecule has 0 fully saturated rings. The molecule has 0 aliphatic carbocycles.